The van der Waals surface area contributed by atoms with Gasteiger partial charge in [-0.05, 0) is 36.2 Å². The van der Waals surface area contributed by atoms with Crippen molar-refractivity contribution >= 4 is 34.5 Å². The molecule has 6 nitrogen and oxygen atoms in total. The zero-order chi connectivity index (χ0) is 19.6. The molecule has 0 saturated carbocycles. The van der Waals surface area contributed by atoms with E-state index in [4.69, 9.17) is 21.1 Å². The van der Waals surface area contributed by atoms with Crippen LogP contribution in [0.3, 0.4) is 0 Å². The van der Waals surface area contributed by atoms with Gasteiger partial charge in [0.2, 0.25) is 0 Å². The fourth-order valence-electron chi connectivity index (χ4n) is 2.23. The van der Waals surface area contributed by atoms with Gasteiger partial charge in [0.1, 0.15) is 12.6 Å². The number of ether oxygens (including phenoxy) is 2. The van der Waals surface area contributed by atoms with Crippen LogP contribution in [0.5, 0.6) is 0 Å². The first kappa shape index (κ1) is 20.9. The number of rotatable bonds is 8. The molecular formula is C19H20ClNO5S. The Kier molecular flexibility index (Phi) is 8.29. The van der Waals surface area contributed by atoms with Crippen molar-refractivity contribution < 1.29 is 23.3 Å². The van der Waals surface area contributed by atoms with E-state index < -0.39 is 28.9 Å². The normalized spacial score (nSPS) is 12.7. The van der Waals surface area contributed by atoms with Crippen molar-refractivity contribution in [3.8, 4) is 0 Å². The topological polar surface area (TPSA) is 81.7 Å². The Morgan fingerprint density at radius 3 is 2.41 bits per heavy atom. The molecule has 1 N–H and O–H groups in total. The number of hydrogen-bond acceptors (Lipinski definition) is 5. The molecule has 0 saturated heterocycles. The summed E-state index contributed by atoms with van der Waals surface area (Å²) in [6.07, 6.45) is -0.603. The van der Waals surface area contributed by atoms with Crippen LogP contribution >= 0.6 is 11.6 Å². The van der Waals surface area contributed by atoms with Crippen LogP contribution in [0, 0.1) is 0 Å². The summed E-state index contributed by atoms with van der Waals surface area (Å²) in [6.45, 7) is 0.0806. The summed E-state index contributed by atoms with van der Waals surface area (Å²) in [7, 11) is -0.113. The number of nitrogens with one attached hydrogen (secondary N) is 1. The molecule has 0 aromatic heterocycles. The van der Waals surface area contributed by atoms with Gasteiger partial charge in [-0.3, -0.25) is 4.21 Å². The van der Waals surface area contributed by atoms with E-state index in [1.807, 2.05) is 30.3 Å². The van der Waals surface area contributed by atoms with Crippen molar-refractivity contribution in [2.75, 3.05) is 12.9 Å². The van der Waals surface area contributed by atoms with Gasteiger partial charge in [0.15, 0.2) is 0 Å². The predicted molar refractivity (Wildman–Crippen MR) is 103 cm³/mol. The van der Waals surface area contributed by atoms with E-state index >= 15 is 0 Å². The van der Waals surface area contributed by atoms with Crippen molar-refractivity contribution in [2.24, 2.45) is 0 Å². The molecule has 2 aromatic rings. The third-order valence-corrected chi connectivity index (χ3v) is 5.32. The van der Waals surface area contributed by atoms with E-state index in [-0.39, 0.29) is 18.8 Å². The maximum atomic E-state index is 12.3. The molecule has 0 bridgehead atoms. The monoisotopic (exact) mass is 409 g/mol. The molecule has 2 aromatic carbocycles. The molecule has 2 rings (SSSR count). The largest absolute Gasteiger partial charge is 0.467 e. The van der Waals surface area contributed by atoms with Crippen LogP contribution in [-0.2, 0) is 31.7 Å². The highest BCUT2D eigenvalue weighted by atomic mass is 35.5. The van der Waals surface area contributed by atoms with Crippen LogP contribution in [0.1, 0.15) is 12.0 Å². The number of hydrogen-bond donors (Lipinski definition) is 1. The molecule has 0 radical (unpaired) electrons. The van der Waals surface area contributed by atoms with Gasteiger partial charge < -0.3 is 14.8 Å². The minimum Gasteiger partial charge on any atom is -0.467 e. The van der Waals surface area contributed by atoms with E-state index in [1.54, 1.807) is 24.3 Å². The highest BCUT2D eigenvalue weighted by molar-refractivity contribution is 7.85. The number of carbonyl (C=O) groups is 2. The third-order valence-electron chi connectivity index (χ3n) is 3.66. The van der Waals surface area contributed by atoms with Gasteiger partial charge in [0, 0.05) is 15.7 Å². The average molecular weight is 410 g/mol. The SMILES string of the molecule is COC(=O)[C@H](CCS(=O)c1ccc(Cl)cc1)NC(=O)OCc1ccccc1. The highest BCUT2D eigenvalue weighted by Gasteiger charge is 2.23. The second-order valence-electron chi connectivity index (χ2n) is 5.57. The number of methoxy groups -OCH3 is 1. The lowest BCUT2D eigenvalue weighted by molar-refractivity contribution is -0.143. The van der Waals surface area contributed by atoms with E-state index in [9.17, 15) is 13.8 Å². The number of benzene rings is 2. The van der Waals surface area contributed by atoms with Crippen LogP contribution in [0.4, 0.5) is 4.79 Å². The van der Waals surface area contributed by atoms with Crippen molar-refractivity contribution in [2.45, 2.75) is 24.0 Å². The van der Waals surface area contributed by atoms with Crippen molar-refractivity contribution in [1.29, 1.82) is 0 Å². The van der Waals surface area contributed by atoms with Gasteiger partial charge in [-0.25, -0.2) is 9.59 Å². The number of esters is 1. The molecule has 0 aliphatic carbocycles. The molecule has 0 fully saturated rings. The van der Waals surface area contributed by atoms with E-state index in [0.29, 0.717) is 9.92 Å². The maximum Gasteiger partial charge on any atom is 0.408 e. The van der Waals surface area contributed by atoms with Crippen LogP contribution < -0.4 is 5.32 Å². The second kappa shape index (κ2) is 10.7. The highest BCUT2D eigenvalue weighted by Crippen LogP contribution is 2.14. The molecule has 2 atom stereocenters. The summed E-state index contributed by atoms with van der Waals surface area (Å²) in [5.74, 6) is -0.458. The predicted octanol–water partition coefficient (Wildman–Crippen LogP) is 3.31. The molecule has 0 heterocycles. The Labute approximate surface area is 165 Å². The molecule has 0 spiro atoms. The number of amides is 1. The fraction of sp³-hybridized carbons (Fsp3) is 0.263. The zero-order valence-corrected chi connectivity index (χ0v) is 16.3. The van der Waals surface area contributed by atoms with Gasteiger partial charge in [-0.2, -0.15) is 0 Å². The zero-order valence-electron chi connectivity index (χ0n) is 14.7. The molecule has 27 heavy (non-hydrogen) atoms. The van der Waals surface area contributed by atoms with Crippen LogP contribution in [-0.4, -0.2) is 35.2 Å². The third kappa shape index (κ3) is 7.03. The summed E-state index contributed by atoms with van der Waals surface area (Å²) in [5.41, 5.74) is 0.825. The molecule has 8 heteroatoms. The van der Waals surface area contributed by atoms with Gasteiger partial charge in [0.05, 0.1) is 17.9 Å². The van der Waals surface area contributed by atoms with E-state index in [2.05, 4.69) is 5.32 Å². The van der Waals surface area contributed by atoms with Gasteiger partial charge >= 0.3 is 12.1 Å². The number of halogens is 1. The Bertz CT molecular complexity index is 782. The minimum absolute atomic E-state index is 0.0806. The van der Waals surface area contributed by atoms with Gasteiger partial charge in [0.25, 0.3) is 0 Å². The van der Waals surface area contributed by atoms with Gasteiger partial charge in [-0.15, -0.1) is 0 Å². The van der Waals surface area contributed by atoms with E-state index in [1.165, 1.54) is 7.11 Å². The first-order valence-corrected chi connectivity index (χ1v) is 9.88. The lowest BCUT2D eigenvalue weighted by atomic mass is 10.2. The summed E-state index contributed by atoms with van der Waals surface area (Å²) < 4.78 is 22.2. The lowest BCUT2D eigenvalue weighted by Crippen LogP contribution is -2.42. The summed E-state index contributed by atoms with van der Waals surface area (Å²) in [5, 5.41) is 3.01. The Balaban J connectivity index is 1.88. The Hall–Kier alpha value is -2.38. The minimum atomic E-state index is -1.34. The lowest BCUT2D eigenvalue weighted by Gasteiger charge is -2.16. The van der Waals surface area contributed by atoms with Crippen LogP contribution in [0.2, 0.25) is 5.02 Å². The fourth-order valence-corrected chi connectivity index (χ4v) is 3.48. The van der Waals surface area contributed by atoms with Crippen LogP contribution in [0.15, 0.2) is 59.5 Å². The van der Waals surface area contributed by atoms with Crippen LogP contribution in [0.25, 0.3) is 0 Å². The molecule has 1 unspecified atom stereocenters. The van der Waals surface area contributed by atoms with E-state index in [0.717, 1.165) is 5.56 Å². The molecule has 1 amide bonds. The summed E-state index contributed by atoms with van der Waals surface area (Å²) in [4.78, 5) is 24.5. The molecule has 0 aliphatic heterocycles. The number of alkyl carbamates (subject to hydrolysis) is 1. The van der Waals surface area contributed by atoms with Crippen molar-refractivity contribution in [1.82, 2.24) is 5.32 Å². The van der Waals surface area contributed by atoms with Crippen molar-refractivity contribution in [3.05, 3.63) is 65.2 Å². The molecular weight excluding hydrogens is 390 g/mol. The smallest absolute Gasteiger partial charge is 0.408 e. The van der Waals surface area contributed by atoms with Gasteiger partial charge in [-0.1, -0.05) is 41.9 Å². The van der Waals surface area contributed by atoms with Crippen molar-refractivity contribution in [3.63, 3.8) is 0 Å². The first-order chi connectivity index (χ1) is 13.0. The Morgan fingerprint density at radius 2 is 1.78 bits per heavy atom. The number of carbonyl (C=O) groups excluding carboxylic acids is 2. The Morgan fingerprint density at radius 1 is 1.11 bits per heavy atom. The summed E-state index contributed by atoms with van der Waals surface area (Å²) >= 11 is 5.81. The average Bonchev–Trinajstić information content (AvgIpc) is 2.70. The molecule has 144 valence electrons. The maximum absolute atomic E-state index is 12.3. The second-order valence-corrected chi connectivity index (χ2v) is 7.58. The standard InChI is InChI=1S/C19H20ClNO5S/c1-25-18(22)17(11-12-27(24)16-9-7-15(20)8-10-16)21-19(23)26-13-14-5-3-2-4-6-14/h2-10,17H,11-13H2,1H3,(H,21,23)/t17-,27?/m0/s1. The molecule has 0 aliphatic rings. The summed E-state index contributed by atoms with van der Waals surface area (Å²) in [6, 6.07) is 14.8. The first-order valence-electron chi connectivity index (χ1n) is 8.18. The quantitative estimate of drug-likeness (QED) is 0.676.